The van der Waals surface area contributed by atoms with Crippen LogP contribution < -0.4 is 5.32 Å². The number of thiazole rings is 1. The lowest BCUT2D eigenvalue weighted by Crippen LogP contribution is -2.42. The third-order valence-electron chi connectivity index (χ3n) is 3.33. The van der Waals surface area contributed by atoms with Crippen molar-refractivity contribution in [3.8, 4) is 0 Å². The second-order valence-electron chi connectivity index (χ2n) is 4.98. The van der Waals surface area contributed by atoms with Crippen molar-refractivity contribution in [1.29, 1.82) is 0 Å². The highest BCUT2D eigenvalue weighted by molar-refractivity contribution is 7.09. The Labute approximate surface area is 118 Å². The van der Waals surface area contributed by atoms with Gasteiger partial charge in [0.2, 0.25) is 0 Å². The van der Waals surface area contributed by atoms with Gasteiger partial charge in [0.25, 0.3) is 0 Å². The van der Waals surface area contributed by atoms with Crippen LogP contribution in [0.15, 0.2) is 5.38 Å². The molecule has 106 valence electrons. The highest BCUT2D eigenvalue weighted by atomic mass is 32.1. The Bertz CT molecular complexity index is 421. The first-order valence-corrected chi connectivity index (χ1v) is 7.65. The number of aromatic nitrogens is 1. The van der Waals surface area contributed by atoms with Crippen LogP contribution in [0.4, 0.5) is 4.79 Å². The monoisotopic (exact) mass is 282 g/mol. The minimum Gasteiger partial charge on any atom is -0.338 e. The lowest BCUT2D eigenvalue weighted by Gasteiger charge is -2.20. The first-order chi connectivity index (χ1) is 9.15. The van der Waals surface area contributed by atoms with Crippen LogP contribution in [-0.2, 0) is 6.42 Å². The molecule has 2 rings (SSSR count). The van der Waals surface area contributed by atoms with Crippen molar-refractivity contribution >= 4 is 17.4 Å². The molecule has 0 aliphatic carbocycles. The van der Waals surface area contributed by atoms with Crippen molar-refractivity contribution in [2.45, 2.75) is 19.8 Å². The molecule has 2 heterocycles. The van der Waals surface area contributed by atoms with Crippen molar-refractivity contribution in [2.75, 3.05) is 39.8 Å². The van der Waals surface area contributed by atoms with E-state index in [0.717, 1.165) is 49.7 Å². The summed E-state index contributed by atoms with van der Waals surface area (Å²) in [6, 6.07) is 0.0576. The summed E-state index contributed by atoms with van der Waals surface area (Å²) < 4.78 is 0. The van der Waals surface area contributed by atoms with E-state index in [1.165, 1.54) is 0 Å². The number of rotatable bonds is 3. The maximum absolute atomic E-state index is 12.0. The molecular weight excluding hydrogens is 260 g/mol. The zero-order chi connectivity index (χ0) is 13.7. The Balaban J connectivity index is 1.71. The van der Waals surface area contributed by atoms with Crippen LogP contribution in [0.5, 0.6) is 0 Å². The summed E-state index contributed by atoms with van der Waals surface area (Å²) in [6.07, 6.45) is 1.86. The zero-order valence-electron chi connectivity index (χ0n) is 11.7. The fraction of sp³-hybridized carbons (Fsp3) is 0.692. The van der Waals surface area contributed by atoms with E-state index in [2.05, 4.69) is 27.6 Å². The predicted molar refractivity (Wildman–Crippen MR) is 77.6 cm³/mol. The van der Waals surface area contributed by atoms with E-state index in [1.54, 1.807) is 11.3 Å². The topological polar surface area (TPSA) is 48.5 Å². The van der Waals surface area contributed by atoms with Gasteiger partial charge in [0.05, 0.1) is 10.7 Å². The standard InChI is InChI=1S/C13H22N4OS/c1-11-15-12(10-19-11)4-5-14-13(18)17-7-3-6-16(2)8-9-17/h10H,3-9H2,1-2H3,(H,14,18). The Morgan fingerprint density at radius 3 is 3.00 bits per heavy atom. The van der Waals surface area contributed by atoms with Crippen LogP contribution in [0, 0.1) is 6.92 Å². The molecule has 2 amide bonds. The van der Waals surface area contributed by atoms with Crippen LogP contribution >= 0.6 is 11.3 Å². The molecule has 1 aromatic heterocycles. The molecule has 0 spiro atoms. The van der Waals surface area contributed by atoms with Gasteiger partial charge < -0.3 is 15.1 Å². The molecule has 5 nitrogen and oxygen atoms in total. The minimum absolute atomic E-state index is 0.0576. The first kappa shape index (κ1) is 14.3. The highest BCUT2D eigenvalue weighted by Gasteiger charge is 2.16. The van der Waals surface area contributed by atoms with Gasteiger partial charge in [-0.15, -0.1) is 11.3 Å². The second kappa shape index (κ2) is 6.86. The van der Waals surface area contributed by atoms with E-state index < -0.39 is 0 Å². The SMILES string of the molecule is Cc1nc(CCNC(=O)N2CCCN(C)CC2)cs1. The summed E-state index contributed by atoms with van der Waals surface area (Å²) in [5, 5.41) is 6.12. The number of carbonyl (C=O) groups excluding carboxylic acids is 1. The minimum atomic E-state index is 0.0576. The molecule has 6 heteroatoms. The van der Waals surface area contributed by atoms with E-state index in [1.807, 2.05) is 11.8 Å². The zero-order valence-corrected chi connectivity index (χ0v) is 12.5. The molecule has 1 aromatic rings. The summed E-state index contributed by atoms with van der Waals surface area (Å²) in [7, 11) is 2.10. The van der Waals surface area contributed by atoms with Gasteiger partial charge in [0, 0.05) is 38.0 Å². The van der Waals surface area contributed by atoms with Crippen LogP contribution in [-0.4, -0.2) is 60.6 Å². The molecule has 1 N–H and O–H groups in total. The smallest absolute Gasteiger partial charge is 0.317 e. The Morgan fingerprint density at radius 2 is 2.26 bits per heavy atom. The molecule has 0 atom stereocenters. The molecule has 1 aliphatic rings. The Morgan fingerprint density at radius 1 is 1.42 bits per heavy atom. The van der Waals surface area contributed by atoms with Crippen molar-refractivity contribution in [3.63, 3.8) is 0 Å². The normalized spacial score (nSPS) is 17.3. The van der Waals surface area contributed by atoms with Crippen molar-refractivity contribution < 1.29 is 4.79 Å². The number of nitrogens with one attached hydrogen (secondary N) is 1. The maximum Gasteiger partial charge on any atom is 0.317 e. The van der Waals surface area contributed by atoms with E-state index in [4.69, 9.17) is 0 Å². The van der Waals surface area contributed by atoms with Gasteiger partial charge in [-0.1, -0.05) is 0 Å². The fourth-order valence-corrected chi connectivity index (χ4v) is 2.83. The predicted octanol–water partition coefficient (Wildman–Crippen LogP) is 1.34. The molecule has 0 aromatic carbocycles. The largest absolute Gasteiger partial charge is 0.338 e. The van der Waals surface area contributed by atoms with Gasteiger partial charge in [-0.05, 0) is 26.9 Å². The Kier molecular flexibility index (Phi) is 5.15. The van der Waals surface area contributed by atoms with E-state index in [9.17, 15) is 4.79 Å². The van der Waals surface area contributed by atoms with Gasteiger partial charge >= 0.3 is 6.03 Å². The lowest BCUT2D eigenvalue weighted by atomic mass is 10.3. The highest BCUT2D eigenvalue weighted by Crippen LogP contribution is 2.08. The number of urea groups is 1. The van der Waals surface area contributed by atoms with E-state index in [-0.39, 0.29) is 6.03 Å². The summed E-state index contributed by atoms with van der Waals surface area (Å²) in [6.45, 7) is 6.36. The Hall–Kier alpha value is -1.14. The second-order valence-corrected chi connectivity index (χ2v) is 6.05. The van der Waals surface area contributed by atoms with Crippen molar-refractivity contribution in [2.24, 2.45) is 0 Å². The number of likely N-dealkylation sites (N-methyl/N-ethyl adjacent to an activating group) is 1. The molecule has 1 fully saturated rings. The molecule has 1 saturated heterocycles. The van der Waals surface area contributed by atoms with E-state index >= 15 is 0 Å². The molecule has 0 radical (unpaired) electrons. The van der Waals surface area contributed by atoms with Gasteiger partial charge in [0.15, 0.2) is 0 Å². The fourth-order valence-electron chi connectivity index (χ4n) is 2.18. The number of hydrogen-bond donors (Lipinski definition) is 1. The summed E-state index contributed by atoms with van der Waals surface area (Å²) >= 11 is 1.65. The van der Waals surface area contributed by atoms with Crippen molar-refractivity contribution in [3.05, 3.63) is 16.1 Å². The van der Waals surface area contributed by atoms with Crippen molar-refractivity contribution in [1.82, 2.24) is 20.1 Å². The van der Waals surface area contributed by atoms with Crippen LogP contribution in [0.2, 0.25) is 0 Å². The van der Waals surface area contributed by atoms with Gasteiger partial charge in [0.1, 0.15) is 0 Å². The quantitative estimate of drug-likeness (QED) is 0.910. The molecule has 0 saturated carbocycles. The third-order valence-corrected chi connectivity index (χ3v) is 4.15. The molecule has 0 bridgehead atoms. The van der Waals surface area contributed by atoms with Crippen LogP contribution in [0.1, 0.15) is 17.1 Å². The molecule has 0 unspecified atom stereocenters. The summed E-state index contributed by atoms with van der Waals surface area (Å²) in [5.74, 6) is 0. The average Bonchev–Trinajstić information content (AvgIpc) is 2.66. The number of hydrogen-bond acceptors (Lipinski definition) is 4. The first-order valence-electron chi connectivity index (χ1n) is 6.77. The van der Waals surface area contributed by atoms with Gasteiger partial charge in [-0.2, -0.15) is 0 Å². The van der Waals surface area contributed by atoms with E-state index in [0.29, 0.717) is 6.54 Å². The third kappa shape index (κ3) is 4.47. The number of nitrogens with zero attached hydrogens (tertiary/aromatic N) is 3. The summed E-state index contributed by atoms with van der Waals surface area (Å²) in [5.41, 5.74) is 1.07. The lowest BCUT2D eigenvalue weighted by molar-refractivity contribution is 0.199. The van der Waals surface area contributed by atoms with Gasteiger partial charge in [-0.25, -0.2) is 9.78 Å². The van der Waals surface area contributed by atoms with Gasteiger partial charge in [-0.3, -0.25) is 0 Å². The van der Waals surface area contributed by atoms with Crippen LogP contribution in [0.3, 0.4) is 0 Å². The molecule has 1 aliphatic heterocycles. The average molecular weight is 282 g/mol. The maximum atomic E-state index is 12.0. The number of amides is 2. The number of carbonyl (C=O) groups is 1. The number of aryl methyl sites for hydroxylation is 1. The molecule has 19 heavy (non-hydrogen) atoms. The summed E-state index contributed by atoms with van der Waals surface area (Å²) in [4.78, 5) is 20.6. The van der Waals surface area contributed by atoms with Crippen LogP contribution in [0.25, 0.3) is 0 Å². The molecular formula is C13H22N4OS.